The molecule has 10 heteroatoms. The summed E-state index contributed by atoms with van der Waals surface area (Å²) < 4.78 is 10.6. The minimum absolute atomic E-state index is 0.0336. The van der Waals surface area contributed by atoms with E-state index in [9.17, 15) is 19.2 Å². The van der Waals surface area contributed by atoms with Gasteiger partial charge in [0.05, 0.1) is 17.0 Å². The van der Waals surface area contributed by atoms with E-state index in [-0.39, 0.29) is 42.5 Å². The van der Waals surface area contributed by atoms with Crippen molar-refractivity contribution in [2.45, 2.75) is 6.42 Å². The van der Waals surface area contributed by atoms with Gasteiger partial charge in [-0.3, -0.25) is 9.59 Å². The van der Waals surface area contributed by atoms with Gasteiger partial charge in [-0.05, 0) is 30.3 Å². The van der Waals surface area contributed by atoms with Gasteiger partial charge >= 0.3 is 11.9 Å². The number of rotatable bonds is 5. The summed E-state index contributed by atoms with van der Waals surface area (Å²) in [5.41, 5.74) is 0.0660. The van der Waals surface area contributed by atoms with E-state index in [0.29, 0.717) is 17.2 Å². The number of nitrogens with zero attached hydrogens (tertiary/aromatic N) is 1. The van der Waals surface area contributed by atoms with Crippen LogP contribution in [-0.4, -0.2) is 47.3 Å². The molecule has 1 fully saturated rings. The predicted octanol–water partition coefficient (Wildman–Crippen LogP) is 1.80. The van der Waals surface area contributed by atoms with Crippen LogP contribution in [0.5, 0.6) is 11.5 Å². The number of nitrogens with one attached hydrogen (secondary N) is 1. The zero-order valence-electron chi connectivity index (χ0n) is 15.5. The van der Waals surface area contributed by atoms with Gasteiger partial charge in [0.25, 0.3) is 0 Å². The largest absolute Gasteiger partial charge is 0.478 e. The van der Waals surface area contributed by atoms with Crippen molar-refractivity contribution >= 4 is 35.1 Å². The maximum atomic E-state index is 12.7. The smallest absolute Gasteiger partial charge is 0.335 e. The highest BCUT2D eigenvalue weighted by Gasteiger charge is 2.36. The molecule has 154 valence electrons. The molecule has 0 radical (unpaired) electrons. The Labute approximate surface area is 169 Å². The number of benzene rings is 2. The van der Waals surface area contributed by atoms with Crippen molar-refractivity contribution in [2.75, 3.05) is 23.6 Å². The van der Waals surface area contributed by atoms with Gasteiger partial charge in [0, 0.05) is 30.4 Å². The van der Waals surface area contributed by atoms with Gasteiger partial charge in [-0.15, -0.1) is 0 Å². The van der Waals surface area contributed by atoms with Crippen LogP contribution in [0.15, 0.2) is 36.4 Å². The molecule has 1 unspecified atom stereocenters. The molecule has 0 aromatic heterocycles. The van der Waals surface area contributed by atoms with Crippen molar-refractivity contribution in [3.8, 4) is 11.5 Å². The molecule has 2 aliphatic rings. The van der Waals surface area contributed by atoms with Crippen LogP contribution >= 0.6 is 0 Å². The first kappa shape index (κ1) is 19.2. The Morgan fingerprint density at radius 3 is 2.30 bits per heavy atom. The fourth-order valence-electron chi connectivity index (χ4n) is 3.38. The fourth-order valence-corrected chi connectivity index (χ4v) is 3.38. The molecule has 0 bridgehead atoms. The van der Waals surface area contributed by atoms with Crippen molar-refractivity contribution in [2.24, 2.45) is 5.92 Å². The fraction of sp³-hybridized carbons (Fsp3) is 0.200. The normalized spacial score (nSPS) is 17.1. The molecule has 2 aromatic rings. The summed E-state index contributed by atoms with van der Waals surface area (Å²) in [5, 5.41) is 20.8. The number of amides is 2. The number of hydrogen-bond acceptors (Lipinski definition) is 6. The van der Waals surface area contributed by atoms with E-state index in [1.54, 1.807) is 18.2 Å². The van der Waals surface area contributed by atoms with E-state index in [0.717, 1.165) is 6.07 Å². The van der Waals surface area contributed by atoms with Crippen LogP contribution in [0.3, 0.4) is 0 Å². The maximum Gasteiger partial charge on any atom is 0.335 e. The van der Waals surface area contributed by atoms with Crippen LogP contribution in [0.25, 0.3) is 0 Å². The molecule has 3 N–H and O–H groups in total. The van der Waals surface area contributed by atoms with E-state index in [1.807, 2.05) is 0 Å². The molecule has 2 aliphatic heterocycles. The highest BCUT2D eigenvalue weighted by molar-refractivity contribution is 6.04. The van der Waals surface area contributed by atoms with Crippen LogP contribution in [0.1, 0.15) is 27.1 Å². The first-order valence-corrected chi connectivity index (χ1v) is 8.94. The van der Waals surface area contributed by atoms with Gasteiger partial charge < -0.3 is 29.9 Å². The van der Waals surface area contributed by atoms with Crippen LogP contribution in [-0.2, 0) is 9.59 Å². The van der Waals surface area contributed by atoms with Crippen LogP contribution in [0.4, 0.5) is 11.4 Å². The molecule has 2 heterocycles. The maximum absolute atomic E-state index is 12.7. The second-order valence-corrected chi connectivity index (χ2v) is 6.84. The Hall–Kier alpha value is -4.08. The Bertz CT molecular complexity index is 1050. The Kier molecular flexibility index (Phi) is 4.74. The monoisotopic (exact) mass is 412 g/mol. The summed E-state index contributed by atoms with van der Waals surface area (Å²) in [6, 6.07) is 8.37. The second kappa shape index (κ2) is 7.39. The molecule has 4 rings (SSSR count). The third-order valence-electron chi connectivity index (χ3n) is 4.86. The molecule has 0 spiro atoms. The lowest BCUT2D eigenvalue weighted by Gasteiger charge is -2.17. The number of aromatic carboxylic acids is 2. The quantitative estimate of drug-likeness (QED) is 0.675. The SMILES string of the molecule is O=C(O)c1cc(NC(=O)C2CC(=O)N(c3ccc4c(c3)OCO4)C2)cc(C(=O)O)c1. The summed E-state index contributed by atoms with van der Waals surface area (Å²) in [5.74, 6) is -3.00. The van der Waals surface area contributed by atoms with E-state index in [4.69, 9.17) is 19.7 Å². The first-order chi connectivity index (χ1) is 14.3. The van der Waals surface area contributed by atoms with Crippen LogP contribution in [0, 0.1) is 5.92 Å². The highest BCUT2D eigenvalue weighted by atomic mass is 16.7. The molecule has 1 saturated heterocycles. The number of anilines is 2. The van der Waals surface area contributed by atoms with Gasteiger partial charge in [0.15, 0.2) is 11.5 Å². The lowest BCUT2D eigenvalue weighted by atomic mass is 10.1. The molecular formula is C20H16N2O8. The first-order valence-electron chi connectivity index (χ1n) is 8.94. The summed E-state index contributed by atoms with van der Waals surface area (Å²) in [4.78, 5) is 49.0. The van der Waals surface area contributed by atoms with Gasteiger partial charge in [-0.2, -0.15) is 0 Å². The number of carboxylic acids is 2. The second-order valence-electron chi connectivity index (χ2n) is 6.84. The Morgan fingerprint density at radius 2 is 1.63 bits per heavy atom. The van der Waals surface area contributed by atoms with Crippen molar-refractivity contribution in [1.82, 2.24) is 0 Å². The predicted molar refractivity (Wildman–Crippen MR) is 102 cm³/mol. The van der Waals surface area contributed by atoms with E-state index in [1.165, 1.54) is 17.0 Å². The molecule has 2 amide bonds. The number of carboxylic acid groups (broad SMARTS) is 2. The third kappa shape index (κ3) is 3.62. The number of fused-ring (bicyclic) bond motifs is 1. The topological polar surface area (TPSA) is 142 Å². The van der Waals surface area contributed by atoms with Crippen molar-refractivity contribution in [3.63, 3.8) is 0 Å². The lowest BCUT2D eigenvalue weighted by molar-refractivity contribution is -0.122. The highest BCUT2D eigenvalue weighted by Crippen LogP contribution is 2.37. The zero-order valence-corrected chi connectivity index (χ0v) is 15.5. The van der Waals surface area contributed by atoms with Gasteiger partial charge in [-0.1, -0.05) is 0 Å². The minimum atomic E-state index is -1.32. The molecule has 2 aromatic carbocycles. The number of carbonyl (C=O) groups excluding carboxylic acids is 2. The summed E-state index contributed by atoms with van der Waals surface area (Å²) in [6.07, 6.45) is -0.0370. The molecule has 10 nitrogen and oxygen atoms in total. The van der Waals surface area contributed by atoms with Gasteiger partial charge in [-0.25, -0.2) is 9.59 Å². The summed E-state index contributed by atoms with van der Waals surface area (Å²) in [6.45, 7) is 0.222. The molecule has 1 atom stereocenters. The molecule has 30 heavy (non-hydrogen) atoms. The van der Waals surface area contributed by atoms with E-state index in [2.05, 4.69) is 5.32 Å². The number of ether oxygens (including phenoxy) is 2. The third-order valence-corrected chi connectivity index (χ3v) is 4.86. The van der Waals surface area contributed by atoms with Crippen molar-refractivity contribution in [3.05, 3.63) is 47.5 Å². The van der Waals surface area contributed by atoms with Crippen molar-refractivity contribution in [1.29, 1.82) is 0 Å². The lowest BCUT2D eigenvalue weighted by Crippen LogP contribution is -2.28. The minimum Gasteiger partial charge on any atom is -0.478 e. The van der Waals surface area contributed by atoms with E-state index >= 15 is 0 Å². The van der Waals surface area contributed by atoms with Crippen LogP contribution < -0.4 is 19.7 Å². The van der Waals surface area contributed by atoms with Crippen LogP contribution in [0.2, 0.25) is 0 Å². The Balaban J connectivity index is 1.50. The number of carbonyl (C=O) groups is 4. The average Bonchev–Trinajstić information content (AvgIpc) is 3.33. The average molecular weight is 412 g/mol. The zero-order chi connectivity index (χ0) is 21.4. The van der Waals surface area contributed by atoms with E-state index < -0.39 is 23.8 Å². The molecule has 0 saturated carbocycles. The summed E-state index contributed by atoms with van der Waals surface area (Å²) >= 11 is 0. The molecular weight excluding hydrogens is 396 g/mol. The molecule has 0 aliphatic carbocycles. The summed E-state index contributed by atoms with van der Waals surface area (Å²) in [7, 11) is 0. The standard InChI is InChI=1S/C20H16N2O8/c23-17-6-12(8-22(17)14-1-2-15-16(7-14)30-9-29-15)18(24)21-13-4-10(19(25)26)3-11(5-13)20(27)28/h1-5,7,12H,6,8-9H2,(H,21,24)(H,25,26)(H,27,28). The Morgan fingerprint density at radius 1 is 0.967 bits per heavy atom. The number of hydrogen-bond donors (Lipinski definition) is 3. The van der Waals surface area contributed by atoms with Gasteiger partial charge in [0.2, 0.25) is 18.6 Å². The van der Waals surface area contributed by atoms with Gasteiger partial charge in [0.1, 0.15) is 0 Å². The van der Waals surface area contributed by atoms with Crippen molar-refractivity contribution < 1.29 is 38.9 Å².